The molecule has 2 aliphatic heterocycles. The summed E-state index contributed by atoms with van der Waals surface area (Å²) in [4.78, 5) is 29.0. The highest BCUT2D eigenvalue weighted by Gasteiger charge is 2.47. The molecule has 2 atom stereocenters. The van der Waals surface area contributed by atoms with Crippen LogP contribution in [-0.2, 0) is 22.6 Å². The van der Waals surface area contributed by atoms with Crippen molar-refractivity contribution in [2.75, 3.05) is 27.4 Å². The number of hydrogen-bond donors (Lipinski definition) is 0. The number of ether oxygens (including phenoxy) is 2. The van der Waals surface area contributed by atoms with Crippen LogP contribution < -0.4 is 9.47 Å². The van der Waals surface area contributed by atoms with Crippen molar-refractivity contribution in [3.8, 4) is 11.5 Å². The van der Waals surface area contributed by atoms with Gasteiger partial charge in [-0.25, -0.2) is 0 Å². The lowest BCUT2D eigenvalue weighted by Gasteiger charge is -2.32. The summed E-state index contributed by atoms with van der Waals surface area (Å²) < 4.78 is 10.8. The molecule has 3 aliphatic rings. The van der Waals surface area contributed by atoms with Crippen LogP contribution in [0.2, 0.25) is 0 Å². The molecule has 0 unspecified atom stereocenters. The van der Waals surface area contributed by atoms with Crippen LogP contribution in [0.25, 0.3) is 0 Å². The van der Waals surface area contributed by atoms with Crippen LogP contribution in [0.4, 0.5) is 0 Å². The smallest absolute Gasteiger partial charge is 0.234 e. The highest BCUT2D eigenvalue weighted by Crippen LogP contribution is 2.36. The SMILES string of the molecule is COc1cc2c(cc1OC)CN(CN1C(=O)[C@H]3CC=CC[C@H]3C1=O)CC2. The predicted molar refractivity (Wildman–Crippen MR) is 95.7 cm³/mol. The number of fused-ring (bicyclic) bond motifs is 2. The first-order valence-electron chi connectivity index (χ1n) is 9.08. The van der Waals surface area contributed by atoms with Crippen LogP contribution in [0.5, 0.6) is 11.5 Å². The van der Waals surface area contributed by atoms with Gasteiger partial charge in [0.25, 0.3) is 0 Å². The monoisotopic (exact) mass is 356 g/mol. The van der Waals surface area contributed by atoms with Crippen LogP contribution in [0.15, 0.2) is 24.3 Å². The van der Waals surface area contributed by atoms with Gasteiger partial charge in [0.1, 0.15) is 0 Å². The molecule has 0 N–H and O–H groups in total. The van der Waals surface area contributed by atoms with Gasteiger partial charge in [-0.05, 0) is 42.5 Å². The van der Waals surface area contributed by atoms with Crippen molar-refractivity contribution >= 4 is 11.8 Å². The average molecular weight is 356 g/mol. The van der Waals surface area contributed by atoms with E-state index in [1.807, 2.05) is 24.3 Å². The fourth-order valence-electron chi connectivity index (χ4n) is 4.27. The van der Waals surface area contributed by atoms with E-state index in [9.17, 15) is 9.59 Å². The summed E-state index contributed by atoms with van der Waals surface area (Å²) in [5, 5.41) is 0. The van der Waals surface area contributed by atoms with Crippen molar-refractivity contribution in [1.82, 2.24) is 9.80 Å². The highest BCUT2D eigenvalue weighted by molar-refractivity contribution is 6.05. The third kappa shape index (κ3) is 2.78. The molecule has 4 rings (SSSR count). The number of carbonyl (C=O) groups excluding carboxylic acids is 2. The fraction of sp³-hybridized carbons (Fsp3) is 0.500. The molecule has 1 aromatic carbocycles. The van der Waals surface area contributed by atoms with Gasteiger partial charge in [-0.1, -0.05) is 12.2 Å². The number of nitrogens with zero attached hydrogens (tertiary/aromatic N) is 2. The molecule has 0 saturated carbocycles. The normalized spacial score (nSPS) is 25.2. The molecule has 138 valence electrons. The Balaban J connectivity index is 1.49. The lowest BCUT2D eigenvalue weighted by molar-refractivity contribution is -0.142. The molecule has 1 aromatic rings. The Morgan fingerprint density at radius 3 is 2.12 bits per heavy atom. The average Bonchev–Trinajstić information content (AvgIpc) is 2.92. The van der Waals surface area contributed by atoms with Crippen molar-refractivity contribution in [2.24, 2.45) is 11.8 Å². The third-order valence-electron chi connectivity index (χ3n) is 5.74. The molecule has 6 heteroatoms. The van der Waals surface area contributed by atoms with Gasteiger partial charge in [-0.15, -0.1) is 0 Å². The lowest BCUT2D eigenvalue weighted by atomic mass is 9.85. The topological polar surface area (TPSA) is 59.1 Å². The zero-order valence-electron chi connectivity index (χ0n) is 15.2. The van der Waals surface area contributed by atoms with E-state index in [0.29, 0.717) is 31.8 Å². The van der Waals surface area contributed by atoms with Gasteiger partial charge in [0, 0.05) is 13.1 Å². The molecule has 1 saturated heterocycles. The maximum absolute atomic E-state index is 12.7. The number of allylic oxidation sites excluding steroid dienone is 2. The van der Waals surface area contributed by atoms with Crippen molar-refractivity contribution in [2.45, 2.75) is 25.8 Å². The van der Waals surface area contributed by atoms with Crippen molar-refractivity contribution in [1.29, 1.82) is 0 Å². The van der Waals surface area contributed by atoms with Crippen LogP contribution >= 0.6 is 0 Å². The Morgan fingerprint density at radius 2 is 1.54 bits per heavy atom. The summed E-state index contributed by atoms with van der Waals surface area (Å²) in [5.74, 6) is 1.10. The molecule has 0 spiro atoms. The summed E-state index contributed by atoms with van der Waals surface area (Å²) in [6.45, 7) is 1.88. The Morgan fingerprint density at radius 1 is 0.962 bits per heavy atom. The van der Waals surface area contributed by atoms with E-state index < -0.39 is 0 Å². The number of methoxy groups -OCH3 is 2. The van der Waals surface area contributed by atoms with Crippen LogP contribution in [0.1, 0.15) is 24.0 Å². The molecule has 0 aromatic heterocycles. The lowest BCUT2D eigenvalue weighted by Crippen LogP contribution is -2.43. The quantitative estimate of drug-likeness (QED) is 0.610. The van der Waals surface area contributed by atoms with Gasteiger partial charge < -0.3 is 9.47 Å². The number of imide groups is 1. The largest absolute Gasteiger partial charge is 0.493 e. The van der Waals surface area contributed by atoms with Gasteiger partial charge in [-0.3, -0.25) is 19.4 Å². The minimum Gasteiger partial charge on any atom is -0.493 e. The Labute approximate surface area is 153 Å². The van der Waals surface area contributed by atoms with E-state index in [1.54, 1.807) is 14.2 Å². The van der Waals surface area contributed by atoms with Crippen molar-refractivity contribution in [3.05, 3.63) is 35.4 Å². The van der Waals surface area contributed by atoms with E-state index in [0.717, 1.165) is 24.3 Å². The van der Waals surface area contributed by atoms with Gasteiger partial charge in [0.15, 0.2) is 11.5 Å². The van der Waals surface area contributed by atoms with E-state index >= 15 is 0 Å². The first-order chi connectivity index (χ1) is 12.6. The van der Waals surface area contributed by atoms with Gasteiger partial charge >= 0.3 is 0 Å². The zero-order valence-corrected chi connectivity index (χ0v) is 15.2. The standard InChI is InChI=1S/C20H24N2O4/c1-25-17-9-13-7-8-21(11-14(13)10-18(17)26-2)12-22-19(23)15-5-3-4-6-16(15)20(22)24/h3-4,9-10,15-16H,5-8,11-12H2,1-2H3/t15-,16+. The second-order valence-corrected chi connectivity index (χ2v) is 7.18. The number of amides is 2. The van der Waals surface area contributed by atoms with Gasteiger partial charge in [0.05, 0.1) is 32.7 Å². The molecular formula is C20H24N2O4. The highest BCUT2D eigenvalue weighted by atomic mass is 16.5. The van der Waals surface area contributed by atoms with E-state index in [1.165, 1.54) is 10.5 Å². The minimum atomic E-state index is -0.158. The Hall–Kier alpha value is -2.34. The molecule has 26 heavy (non-hydrogen) atoms. The fourth-order valence-corrected chi connectivity index (χ4v) is 4.27. The second kappa shape index (κ2) is 6.76. The summed E-state index contributed by atoms with van der Waals surface area (Å²) in [6, 6.07) is 4.02. The first kappa shape index (κ1) is 17.1. The van der Waals surface area contributed by atoms with Crippen LogP contribution in [0.3, 0.4) is 0 Å². The van der Waals surface area contributed by atoms with E-state index in [-0.39, 0.29) is 23.7 Å². The van der Waals surface area contributed by atoms with Gasteiger partial charge in [0.2, 0.25) is 11.8 Å². The predicted octanol–water partition coefficient (Wildman–Crippen LogP) is 1.97. The number of rotatable bonds is 4. The maximum Gasteiger partial charge on any atom is 0.234 e. The van der Waals surface area contributed by atoms with Crippen molar-refractivity contribution < 1.29 is 19.1 Å². The molecular weight excluding hydrogens is 332 g/mol. The number of hydrogen-bond acceptors (Lipinski definition) is 5. The molecule has 2 amide bonds. The third-order valence-corrected chi connectivity index (χ3v) is 5.74. The van der Waals surface area contributed by atoms with Gasteiger partial charge in [-0.2, -0.15) is 0 Å². The summed E-state index contributed by atoms with van der Waals surface area (Å²) in [7, 11) is 3.26. The molecule has 2 heterocycles. The molecule has 1 fully saturated rings. The second-order valence-electron chi connectivity index (χ2n) is 7.18. The zero-order chi connectivity index (χ0) is 18.3. The van der Waals surface area contributed by atoms with Crippen LogP contribution in [0, 0.1) is 11.8 Å². The molecule has 6 nitrogen and oxygen atoms in total. The number of likely N-dealkylation sites (tertiary alicyclic amines) is 1. The maximum atomic E-state index is 12.7. The first-order valence-corrected chi connectivity index (χ1v) is 9.08. The van der Waals surface area contributed by atoms with E-state index in [2.05, 4.69) is 4.90 Å². The summed E-state index contributed by atoms with van der Waals surface area (Å²) in [6.07, 6.45) is 6.27. The molecule has 0 bridgehead atoms. The summed E-state index contributed by atoms with van der Waals surface area (Å²) >= 11 is 0. The Kier molecular flexibility index (Phi) is 4.44. The van der Waals surface area contributed by atoms with Crippen molar-refractivity contribution in [3.63, 3.8) is 0 Å². The molecule has 1 aliphatic carbocycles. The number of benzene rings is 1. The summed E-state index contributed by atoms with van der Waals surface area (Å²) in [5.41, 5.74) is 2.39. The van der Waals surface area contributed by atoms with Crippen LogP contribution in [-0.4, -0.2) is 49.0 Å². The number of carbonyl (C=O) groups is 2. The Bertz CT molecular complexity index is 747. The van der Waals surface area contributed by atoms with E-state index in [4.69, 9.17) is 9.47 Å². The molecule has 0 radical (unpaired) electrons. The minimum absolute atomic E-state index is 0.0116.